The van der Waals surface area contributed by atoms with Crippen molar-refractivity contribution in [3.8, 4) is 0 Å². The summed E-state index contributed by atoms with van der Waals surface area (Å²) in [5, 5.41) is 5.23. The number of anilines is 1. The van der Waals surface area contributed by atoms with Gasteiger partial charge in [-0.2, -0.15) is 0 Å². The van der Waals surface area contributed by atoms with E-state index in [1.165, 1.54) is 24.6 Å². The van der Waals surface area contributed by atoms with Crippen molar-refractivity contribution in [1.29, 1.82) is 0 Å². The molecule has 5 rings (SSSR count). The van der Waals surface area contributed by atoms with Crippen molar-refractivity contribution in [2.24, 2.45) is 0 Å². The van der Waals surface area contributed by atoms with E-state index >= 15 is 0 Å². The number of benzene rings is 1. The number of para-hydroxylation sites is 1. The maximum atomic E-state index is 12.4. The van der Waals surface area contributed by atoms with Crippen LogP contribution >= 0.6 is 11.8 Å². The summed E-state index contributed by atoms with van der Waals surface area (Å²) in [6.07, 6.45) is 4.18. The highest BCUT2D eigenvalue weighted by Gasteiger charge is 2.22. The van der Waals surface area contributed by atoms with Crippen LogP contribution in [0.1, 0.15) is 24.1 Å². The zero-order chi connectivity index (χ0) is 19.1. The summed E-state index contributed by atoms with van der Waals surface area (Å²) >= 11 is 1.50. The van der Waals surface area contributed by atoms with E-state index in [1.54, 1.807) is 10.5 Å². The van der Waals surface area contributed by atoms with Gasteiger partial charge in [0.25, 0.3) is 5.56 Å². The maximum Gasteiger partial charge on any atom is 0.258 e. The quantitative estimate of drug-likeness (QED) is 0.413. The van der Waals surface area contributed by atoms with E-state index in [-0.39, 0.29) is 5.56 Å². The minimum Gasteiger partial charge on any atom is -0.367 e. The van der Waals surface area contributed by atoms with Gasteiger partial charge in [0.2, 0.25) is 0 Å². The lowest BCUT2D eigenvalue weighted by Gasteiger charge is -2.10. The molecule has 0 bridgehead atoms. The van der Waals surface area contributed by atoms with E-state index in [4.69, 9.17) is 4.98 Å². The number of hydrogen-bond acceptors (Lipinski definition) is 6. The van der Waals surface area contributed by atoms with E-state index in [2.05, 4.69) is 15.3 Å². The maximum absolute atomic E-state index is 12.4. The predicted octanol–water partition coefficient (Wildman–Crippen LogP) is 3.81. The van der Waals surface area contributed by atoms with Crippen molar-refractivity contribution in [1.82, 2.24) is 19.4 Å². The number of aryl methyl sites for hydroxylation is 1. The second-order valence-electron chi connectivity index (χ2n) is 7.10. The van der Waals surface area contributed by atoms with Crippen molar-refractivity contribution < 1.29 is 0 Å². The average Bonchev–Trinajstić information content (AvgIpc) is 3.51. The van der Waals surface area contributed by atoms with Crippen LogP contribution in [-0.4, -0.2) is 25.4 Å². The number of aromatic nitrogens is 4. The molecule has 4 aromatic rings. The molecule has 0 atom stereocenters. The molecule has 0 radical (unpaired) electrons. The van der Waals surface area contributed by atoms with Gasteiger partial charge in [-0.05, 0) is 43.5 Å². The van der Waals surface area contributed by atoms with Crippen LogP contribution in [0.15, 0.2) is 58.6 Å². The van der Waals surface area contributed by atoms with Crippen LogP contribution in [-0.2, 0) is 5.75 Å². The van der Waals surface area contributed by atoms with Crippen molar-refractivity contribution in [2.45, 2.75) is 36.7 Å². The molecule has 0 saturated heterocycles. The third-order valence-corrected chi connectivity index (χ3v) is 5.59. The highest BCUT2D eigenvalue weighted by atomic mass is 32.2. The number of nitrogens with one attached hydrogen (secondary N) is 1. The van der Waals surface area contributed by atoms with Crippen LogP contribution in [0.4, 0.5) is 5.82 Å². The van der Waals surface area contributed by atoms with E-state index in [0.29, 0.717) is 22.6 Å². The fraction of sp³-hybridized carbons (Fsp3) is 0.238. The van der Waals surface area contributed by atoms with Gasteiger partial charge in [0.1, 0.15) is 11.5 Å². The Morgan fingerprint density at radius 1 is 1.14 bits per heavy atom. The van der Waals surface area contributed by atoms with Crippen LogP contribution in [0.5, 0.6) is 0 Å². The van der Waals surface area contributed by atoms with E-state index in [1.807, 2.05) is 49.5 Å². The second-order valence-corrected chi connectivity index (χ2v) is 8.04. The molecule has 0 spiro atoms. The smallest absolute Gasteiger partial charge is 0.258 e. The third kappa shape index (κ3) is 3.45. The van der Waals surface area contributed by atoms with E-state index < -0.39 is 0 Å². The van der Waals surface area contributed by atoms with Crippen LogP contribution in [0, 0.1) is 6.92 Å². The number of nitrogens with zero attached hydrogens (tertiary/aromatic N) is 4. The molecule has 1 aliphatic carbocycles. The van der Waals surface area contributed by atoms with Gasteiger partial charge in [-0.1, -0.05) is 30.0 Å². The first-order valence-corrected chi connectivity index (χ1v) is 10.3. The van der Waals surface area contributed by atoms with Gasteiger partial charge in [-0.3, -0.25) is 9.20 Å². The molecule has 1 aliphatic rings. The first kappa shape index (κ1) is 17.2. The highest BCUT2D eigenvalue weighted by Crippen LogP contribution is 2.30. The molecule has 7 heteroatoms. The molecule has 28 heavy (non-hydrogen) atoms. The lowest BCUT2D eigenvalue weighted by atomic mass is 10.2. The molecular weight excluding hydrogens is 370 g/mol. The molecule has 3 aromatic heterocycles. The fourth-order valence-corrected chi connectivity index (χ4v) is 3.87. The van der Waals surface area contributed by atoms with Gasteiger partial charge in [-0.25, -0.2) is 15.0 Å². The Kier molecular flexibility index (Phi) is 4.24. The van der Waals surface area contributed by atoms with Crippen molar-refractivity contribution in [3.05, 3.63) is 70.3 Å². The molecule has 0 unspecified atom stereocenters. The lowest BCUT2D eigenvalue weighted by Crippen LogP contribution is -2.15. The number of thioether (sulfide) groups is 1. The summed E-state index contributed by atoms with van der Waals surface area (Å²) in [6, 6.07) is 14.0. The molecule has 6 nitrogen and oxygen atoms in total. The molecule has 0 amide bonds. The Labute approximate surface area is 166 Å². The predicted molar refractivity (Wildman–Crippen MR) is 112 cm³/mol. The van der Waals surface area contributed by atoms with Gasteiger partial charge in [0, 0.05) is 29.4 Å². The molecule has 3 heterocycles. The number of fused-ring (bicyclic) bond motifs is 2. The van der Waals surface area contributed by atoms with Gasteiger partial charge < -0.3 is 5.32 Å². The Bertz CT molecular complexity index is 1250. The summed E-state index contributed by atoms with van der Waals surface area (Å²) in [6.45, 7) is 1.96. The number of rotatable bonds is 5. The third-order valence-electron chi connectivity index (χ3n) is 4.71. The Hall–Kier alpha value is -2.93. The summed E-state index contributed by atoms with van der Waals surface area (Å²) < 4.78 is 1.58. The van der Waals surface area contributed by atoms with Crippen molar-refractivity contribution >= 4 is 34.1 Å². The minimum atomic E-state index is -0.0696. The zero-order valence-corrected chi connectivity index (χ0v) is 16.2. The van der Waals surface area contributed by atoms with Gasteiger partial charge in [0.05, 0.1) is 11.2 Å². The fourth-order valence-electron chi connectivity index (χ4n) is 3.12. The normalized spacial score (nSPS) is 13.9. The zero-order valence-electron chi connectivity index (χ0n) is 15.4. The Balaban J connectivity index is 1.45. The Morgan fingerprint density at radius 3 is 2.86 bits per heavy atom. The van der Waals surface area contributed by atoms with Crippen molar-refractivity contribution in [2.75, 3.05) is 5.32 Å². The van der Waals surface area contributed by atoms with Gasteiger partial charge in [0.15, 0.2) is 5.16 Å². The largest absolute Gasteiger partial charge is 0.367 e. The summed E-state index contributed by atoms with van der Waals surface area (Å²) in [5.41, 5.74) is 3.26. The first-order chi connectivity index (χ1) is 13.7. The van der Waals surface area contributed by atoms with Gasteiger partial charge >= 0.3 is 0 Å². The highest BCUT2D eigenvalue weighted by molar-refractivity contribution is 7.98. The molecule has 1 aromatic carbocycles. The SMILES string of the molecule is Cc1ccc2nc(CSc3nc(NC4CC4)c4ccccc4n3)cc(=O)n2c1. The molecule has 140 valence electrons. The number of hydrogen-bond donors (Lipinski definition) is 1. The number of pyridine rings is 1. The standard InChI is InChI=1S/C21H19N5OS/c1-13-6-9-18-22-15(10-19(27)26(18)11-13)12-28-21-24-17-5-3-2-4-16(17)20(25-21)23-14-7-8-14/h2-6,9-11,14H,7-8,12H2,1H3,(H,23,24,25). The van der Waals surface area contributed by atoms with Crippen LogP contribution in [0.25, 0.3) is 16.6 Å². The molecule has 1 N–H and O–H groups in total. The molecular formula is C21H19N5OS. The average molecular weight is 389 g/mol. The van der Waals surface area contributed by atoms with E-state index in [9.17, 15) is 4.79 Å². The lowest BCUT2D eigenvalue weighted by molar-refractivity contribution is 0.975. The molecule has 1 fully saturated rings. The summed E-state index contributed by atoms with van der Waals surface area (Å²) in [5.74, 6) is 1.43. The minimum absolute atomic E-state index is 0.0696. The van der Waals surface area contributed by atoms with E-state index in [0.717, 1.165) is 28.0 Å². The summed E-state index contributed by atoms with van der Waals surface area (Å²) in [4.78, 5) is 26.4. The first-order valence-electron chi connectivity index (χ1n) is 9.31. The molecule has 1 saturated carbocycles. The van der Waals surface area contributed by atoms with Crippen LogP contribution in [0.3, 0.4) is 0 Å². The van der Waals surface area contributed by atoms with Crippen LogP contribution < -0.4 is 10.9 Å². The van der Waals surface area contributed by atoms with Gasteiger partial charge in [-0.15, -0.1) is 0 Å². The summed E-state index contributed by atoms with van der Waals surface area (Å²) in [7, 11) is 0. The van der Waals surface area contributed by atoms with Crippen molar-refractivity contribution in [3.63, 3.8) is 0 Å². The Morgan fingerprint density at radius 2 is 2.00 bits per heavy atom. The van der Waals surface area contributed by atoms with Crippen LogP contribution in [0.2, 0.25) is 0 Å². The monoisotopic (exact) mass is 389 g/mol. The second kappa shape index (κ2) is 6.91. The topological polar surface area (TPSA) is 72.2 Å². The molecule has 0 aliphatic heterocycles.